The maximum absolute atomic E-state index is 12.5. The first-order valence-corrected chi connectivity index (χ1v) is 8.40. The predicted molar refractivity (Wildman–Crippen MR) is 86.0 cm³/mol. The number of benzene rings is 2. The molecule has 0 spiro atoms. The first-order valence-electron chi connectivity index (χ1n) is 6.58. The molecule has 0 radical (unpaired) electrons. The Morgan fingerprint density at radius 2 is 1.87 bits per heavy atom. The molecule has 0 N–H and O–H groups in total. The van der Waals surface area contributed by atoms with Gasteiger partial charge in [0.05, 0.1) is 18.2 Å². The summed E-state index contributed by atoms with van der Waals surface area (Å²) in [6.07, 6.45) is 1.35. The van der Waals surface area contributed by atoms with Gasteiger partial charge in [-0.15, -0.1) is 9.19 Å². The first-order chi connectivity index (χ1) is 11.0. The van der Waals surface area contributed by atoms with Crippen molar-refractivity contribution in [2.24, 2.45) is 0 Å². The summed E-state index contributed by atoms with van der Waals surface area (Å²) in [5.74, 6) is 0.571. The van der Waals surface area contributed by atoms with Crippen molar-refractivity contribution >= 4 is 21.6 Å². The lowest BCUT2D eigenvalue weighted by molar-refractivity contribution is 0.414. The molecule has 0 atom stereocenters. The summed E-state index contributed by atoms with van der Waals surface area (Å²) >= 11 is 5.93. The van der Waals surface area contributed by atoms with Gasteiger partial charge in [0.1, 0.15) is 11.4 Å². The van der Waals surface area contributed by atoms with Gasteiger partial charge in [-0.1, -0.05) is 28.9 Å². The number of nitrogens with zero attached hydrogens (tertiary/aromatic N) is 3. The summed E-state index contributed by atoms with van der Waals surface area (Å²) in [6.45, 7) is 0. The lowest BCUT2D eigenvalue weighted by Gasteiger charge is -2.04. The molecule has 0 aliphatic heterocycles. The van der Waals surface area contributed by atoms with E-state index in [9.17, 15) is 8.42 Å². The van der Waals surface area contributed by atoms with Crippen LogP contribution in [-0.4, -0.2) is 29.9 Å². The SMILES string of the molecule is COc1ccc(S(=O)(=O)n2cc(-c3cccc(Cl)c3)nn2)cc1. The lowest BCUT2D eigenvalue weighted by atomic mass is 10.2. The van der Waals surface area contributed by atoms with E-state index in [1.807, 2.05) is 0 Å². The van der Waals surface area contributed by atoms with E-state index in [4.69, 9.17) is 16.3 Å². The molecule has 1 heterocycles. The normalized spacial score (nSPS) is 11.4. The minimum atomic E-state index is -3.81. The van der Waals surface area contributed by atoms with Crippen molar-refractivity contribution in [2.45, 2.75) is 4.90 Å². The Morgan fingerprint density at radius 1 is 1.13 bits per heavy atom. The Balaban J connectivity index is 1.98. The summed E-state index contributed by atoms with van der Waals surface area (Å²) in [5, 5.41) is 8.16. The predicted octanol–water partition coefficient (Wildman–Crippen LogP) is 2.84. The van der Waals surface area contributed by atoms with Crippen molar-refractivity contribution in [3.8, 4) is 17.0 Å². The van der Waals surface area contributed by atoms with E-state index in [-0.39, 0.29) is 4.90 Å². The van der Waals surface area contributed by atoms with Crippen LogP contribution < -0.4 is 4.74 Å². The molecule has 118 valence electrons. The van der Waals surface area contributed by atoms with Crippen LogP contribution in [-0.2, 0) is 10.0 Å². The van der Waals surface area contributed by atoms with Crippen LogP contribution in [0.4, 0.5) is 0 Å². The average Bonchev–Trinajstić information content (AvgIpc) is 3.06. The molecule has 3 rings (SSSR count). The maximum atomic E-state index is 12.5. The fourth-order valence-corrected chi connectivity index (χ4v) is 3.26. The molecular formula is C15H12ClN3O3S. The highest BCUT2D eigenvalue weighted by molar-refractivity contribution is 7.89. The van der Waals surface area contributed by atoms with Gasteiger partial charge < -0.3 is 4.74 Å². The van der Waals surface area contributed by atoms with Crippen LogP contribution >= 0.6 is 11.6 Å². The van der Waals surface area contributed by atoms with Crippen LogP contribution in [0, 0.1) is 0 Å². The van der Waals surface area contributed by atoms with Crippen molar-refractivity contribution in [1.82, 2.24) is 14.4 Å². The van der Waals surface area contributed by atoms with Crippen LogP contribution in [0.1, 0.15) is 0 Å². The highest BCUT2D eigenvalue weighted by Crippen LogP contribution is 2.22. The van der Waals surface area contributed by atoms with Crippen molar-refractivity contribution in [3.63, 3.8) is 0 Å². The smallest absolute Gasteiger partial charge is 0.284 e. The molecule has 0 saturated heterocycles. The third kappa shape index (κ3) is 3.06. The number of ether oxygens (including phenoxy) is 1. The zero-order valence-electron chi connectivity index (χ0n) is 12.0. The standard InChI is InChI=1S/C15H12ClN3O3S/c1-22-13-5-7-14(8-6-13)23(20,21)19-10-15(17-18-19)11-3-2-4-12(16)9-11/h2-10H,1H3. The fourth-order valence-electron chi connectivity index (χ4n) is 2.00. The van der Waals surface area contributed by atoms with Gasteiger partial charge in [-0.2, -0.15) is 8.42 Å². The summed E-state index contributed by atoms with van der Waals surface area (Å²) < 4.78 is 30.9. The second kappa shape index (κ2) is 6.02. The van der Waals surface area contributed by atoms with Crippen molar-refractivity contribution in [1.29, 1.82) is 0 Å². The number of methoxy groups -OCH3 is 1. The largest absolute Gasteiger partial charge is 0.497 e. The quantitative estimate of drug-likeness (QED) is 0.724. The molecule has 1 aromatic heterocycles. The highest BCUT2D eigenvalue weighted by Gasteiger charge is 2.19. The monoisotopic (exact) mass is 349 g/mol. The lowest BCUT2D eigenvalue weighted by Crippen LogP contribution is -2.13. The van der Waals surface area contributed by atoms with E-state index in [2.05, 4.69) is 10.3 Å². The first kappa shape index (κ1) is 15.5. The summed E-state index contributed by atoms with van der Waals surface area (Å²) in [5.41, 5.74) is 1.11. The van der Waals surface area contributed by atoms with Gasteiger partial charge >= 0.3 is 0 Å². The number of hydrogen-bond donors (Lipinski definition) is 0. The van der Waals surface area contributed by atoms with E-state index in [0.717, 1.165) is 4.09 Å². The number of aromatic nitrogens is 3. The van der Waals surface area contributed by atoms with Gasteiger partial charge in [0.15, 0.2) is 0 Å². The van der Waals surface area contributed by atoms with E-state index in [1.165, 1.54) is 25.4 Å². The minimum absolute atomic E-state index is 0.0980. The fraction of sp³-hybridized carbons (Fsp3) is 0.0667. The molecule has 0 aliphatic rings. The second-order valence-electron chi connectivity index (χ2n) is 4.67. The third-order valence-electron chi connectivity index (χ3n) is 3.20. The molecule has 0 saturated carbocycles. The molecule has 0 aliphatic carbocycles. The Morgan fingerprint density at radius 3 is 2.52 bits per heavy atom. The molecule has 8 heteroatoms. The minimum Gasteiger partial charge on any atom is -0.497 e. The van der Waals surface area contributed by atoms with E-state index in [0.29, 0.717) is 22.0 Å². The molecule has 0 unspecified atom stereocenters. The van der Waals surface area contributed by atoms with E-state index < -0.39 is 10.0 Å². The highest BCUT2D eigenvalue weighted by atomic mass is 35.5. The van der Waals surface area contributed by atoms with Crippen LogP contribution in [0.15, 0.2) is 59.6 Å². The Labute approximate surface area is 138 Å². The Kier molecular flexibility index (Phi) is 4.06. The van der Waals surface area contributed by atoms with Gasteiger partial charge in [0.2, 0.25) is 0 Å². The van der Waals surface area contributed by atoms with Crippen molar-refractivity contribution in [2.75, 3.05) is 7.11 Å². The Hall–Kier alpha value is -2.38. The molecule has 0 fully saturated rings. The molecule has 0 bridgehead atoms. The number of rotatable bonds is 4. The summed E-state index contributed by atoms with van der Waals surface area (Å²) in [4.78, 5) is 0.0980. The maximum Gasteiger partial charge on any atom is 0.284 e. The molecule has 0 amide bonds. The van der Waals surface area contributed by atoms with E-state index in [1.54, 1.807) is 36.4 Å². The Bertz CT molecular complexity index is 937. The zero-order valence-corrected chi connectivity index (χ0v) is 13.6. The molecule has 3 aromatic rings. The van der Waals surface area contributed by atoms with Crippen molar-refractivity contribution in [3.05, 3.63) is 59.8 Å². The summed E-state index contributed by atoms with van der Waals surface area (Å²) in [6, 6.07) is 13.0. The molecular weight excluding hydrogens is 338 g/mol. The van der Waals surface area contributed by atoms with Gasteiger partial charge in [0.25, 0.3) is 10.0 Å². The molecule has 6 nitrogen and oxygen atoms in total. The van der Waals surface area contributed by atoms with Gasteiger partial charge in [-0.05, 0) is 36.4 Å². The number of halogens is 1. The van der Waals surface area contributed by atoms with Gasteiger partial charge in [-0.3, -0.25) is 0 Å². The van der Waals surface area contributed by atoms with Crippen LogP contribution in [0.2, 0.25) is 5.02 Å². The van der Waals surface area contributed by atoms with Gasteiger partial charge in [0, 0.05) is 10.6 Å². The van der Waals surface area contributed by atoms with E-state index >= 15 is 0 Å². The van der Waals surface area contributed by atoms with Gasteiger partial charge in [-0.25, -0.2) is 0 Å². The molecule has 23 heavy (non-hydrogen) atoms. The molecule has 2 aromatic carbocycles. The topological polar surface area (TPSA) is 74.1 Å². The van der Waals surface area contributed by atoms with Crippen LogP contribution in [0.25, 0.3) is 11.3 Å². The van der Waals surface area contributed by atoms with Crippen LogP contribution in [0.3, 0.4) is 0 Å². The van der Waals surface area contributed by atoms with Crippen LogP contribution in [0.5, 0.6) is 5.75 Å². The summed E-state index contributed by atoms with van der Waals surface area (Å²) in [7, 11) is -2.29. The third-order valence-corrected chi connectivity index (χ3v) is 4.97. The zero-order chi connectivity index (χ0) is 16.4. The second-order valence-corrected chi connectivity index (χ2v) is 6.90. The van der Waals surface area contributed by atoms with Crippen molar-refractivity contribution < 1.29 is 13.2 Å². The average molecular weight is 350 g/mol. The number of hydrogen-bond acceptors (Lipinski definition) is 5.